The lowest BCUT2D eigenvalue weighted by molar-refractivity contribution is 0.0916. The lowest BCUT2D eigenvalue weighted by atomic mass is 10.1. The molecule has 0 spiro atoms. The summed E-state index contributed by atoms with van der Waals surface area (Å²) in [4.78, 5) is 14.3. The maximum Gasteiger partial charge on any atom is 0.286 e. The maximum atomic E-state index is 13.6. The van der Waals surface area contributed by atoms with Crippen molar-refractivity contribution in [3.05, 3.63) is 94.9 Å². The molecule has 1 aromatic heterocycles. The van der Waals surface area contributed by atoms with Crippen LogP contribution in [0.15, 0.2) is 65.1 Å². The van der Waals surface area contributed by atoms with E-state index in [2.05, 4.69) is 5.32 Å². The first-order chi connectivity index (χ1) is 15.0. The van der Waals surface area contributed by atoms with E-state index < -0.39 is 0 Å². The van der Waals surface area contributed by atoms with Crippen LogP contribution in [0.4, 0.5) is 8.78 Å². The third-order valence-electron chi connectivity index (χ3n) is 4.69. The topological polar surface area (TPSA) is 54.7 Å². The molecule has 5 nitrogen and oxygen atoms in total. The normalized spacial score (nSPS) is 11.1. The third-order valence-corrected chi connectivity index (χ3v) is 4.69. The van der Waals surface area contributed by atoms with Crippen LogP contribution in [0, 0.1) is 11.6 Å². The Kier molecular flexibility index (Phi) is 8.32. The average molecular weight is 428 g/mol. The molecule has 0 aliphatic heterocycles. The van der Waals surface area contributed by atoms with Gasteiger partial charge in [0.05, 0.1) is 6.54 Å². The minimum Gasteiger partial charge on any atom is -0.455 e. The summed E-state index contributed by atoms with van der Waals surface area (Å²) in [5.74, 6) is -0.0321. The van der Waals surface area contributed by atoms with E-state index >= 15 is 0 Å². The monoisotopic (exact) mass is 428 g/mol. The van der Waals surface area contributed by atoms with Gasteiger partial charge in [0.15, 0.2) is 5.76 Å². The second-order valence-corrected chi connectivity index (χ2v) is 7.27. The van der Waals surface area contributed by atoms with Crippen molar-refractivity contribution in [2.24, 2.45) is 0 Å². The minimum atomic E-state index is -0.301. The van der Waals surface area contributed by atoms with Crippen LogP contribution in [0.3, 0.4) is 0 Å². The number of ether oxygens (including phenoxy) is 1. The van der Waals surface area contributed by atoms with Gasteiger partial charge in [0.2, 0.25) is 0 Å². The van der Waals surface area contributed by atoms with Crippen LogP contribution >= 0.6 is 0 Å². The Balaban J connectivity index is 1.68. The van der Waals surface area contributed by atoms with Gasteiger partial charge in [-0.1, -0.05) is 24.3 Å². The molecule has 31 heavy (non-hydrogen) atoms. The molecule has 0 unspecified atom stereocenters. The highest BCUT2D eigenvalue weighted by Gasteiger charge is 2.15. The number of halogens is 2. The zero-order chi connectivity index (χ0) is 22.1. The molecule has 0 saturated heterocycles. The van der Waals surface area contributed by atoms with E-state index in [4.69, 9.17) is 9.15 Å². The zero-order valence-corrected chi connectivity index (χ0v) is 17.4. The number of methoxy groups -OCH3 is 1. The second-order valence-electron chi connectivity index (χ2n) is 7.27. The van der Waals surface area contributed by atoms with Gasteiger partial charge >= 0.3 is 0 Å². The number of amides is 1. The molecule has 0 aliphatic carbocycles. The second kappa shape index (κ2) is 11.4. The van der Waals surface area contributed by atoms with Gasteiger partial charge < -0.3 is 14.5 Å². The number of nitrogens with one attached hydrogen (secondary N) is 1. The summed E-state index contributed by atoms with van der Waals surface area (Å²) in [6.07, 6.45) is 0.717. The van der Waals surface area contributed by atoms with Crippen LogP contribution in [0.1, 0.15) is 33.9 Å². The largest absolute Gasteiger partial charge is 0.455 e. The van der Waals surface area contributed by atoms with Crippen molar-refractivity contribution in [3.63, 3.8) is 0 Å². The summed E-state index contributed by atoms with van der Waals surface area (Å²) < 4.78 is 37.6. The molecule has 0 saturated carbocycles. The fourth-order valence-electron chi connectivity index (χ4n) is 3.22. The summed E-state index contributed by atoms with van der Waals surface area (Å²) in [7, 11) is 1.61. The molecule has 3 aromatic rings. The molecule has 0 atom stereocenters. The Hall–Kier alpha value is -3.03. The number of hydrogen-bond acceptors (Lipinski definition) is 4. The van der Waals surface area contributed by atoms with Crippen LogP contribution in [0.5, 0.6) is 0 Å². The predicted octanol–water partition coefficient (Wildman–Crippen LogP) is 4.53. The van der Waals surface area contributed by atoms with Crippen molar-refractivity contribution < 1.29 is 22.7 Å². The van der Waals surface area contributed by atoms with Crippen molar-refractivity contribution in [2.45, 2.75) is 26.1 Å². The van der Waals surface area contributed by atoms with Gasteiger partial charge in [0.1, 0.15) is 17.4 Å². The molecule has 0 aliphatic rings. The summed E-state index contributed by atoms with van der Waals surface area (Å²) in [6.45, 7) is 2.45. The number of carbonyl (C=O) groups is 1. The van der Waals surface area contributed by atoms with E-state index in [0.717, 1.165) is 17.5 Å². The number of carbonyl (C=O) groups excluding carboxylic acids is 1. The molecule has 1 amide bonds. The molecule has 7 heteroatoms. The summed E-state index contributed by atoms with van der Waals surface area (Å²) >= 11 is 0. The number of rotatable bonds is 11. The molecule has 0 fully saturated rings. The zero-order valence-electron chi connectivity index (χ0n) is 17.4. The molecule has 0 bridgehead atoms. The standard InChI is InChI=1S/C24H26F2N2O3/c1-30-13-3-12-27-24(29)23-11-10-22(31-23)17-28(15-18-6-8-20(25)9-7-18)16-19-4-2-5-21(26)14-19/h2,4-11,14H,3,12-13,15-17H2,1H3,(H,27,29). The predicted molar refractivity (Wildman–Crippen MR) is 113 cm³/mol. The Morgan fingerprint density at radius 3 is 2.48 bits per heavy atom. The van der Waals surface area contributed by atoms with Gasteiger partial charge in [-0.25, -0.2) is 8.78 Å². The Morgan fingerprint density at radius 1 is 0.968 bits per heavy atom. The van der Waals surface area contributed by atoms with Crippen LogP contribution in [0.25, 0.3) is 0 Å². The molecule has 2 aromatic carbocycles. The maximum absolute atomic E-state index is 13.6. The SMILES string of the molecule is COCCCNC(=O)c1ccc(CN(Cc2ccc(F)cc2)Cc2cccc(F)c2)o1. The van der Waals surface area contributed by atoms with Crippen LogP contribution in [-0.2, 0) is 24.4 Å². The number of hydrogen-bond donors (Lipinski definition) is 1. The molecular weight excluding hydrogens is 402 g/mol. The Labute approximate surface area is 180 Å². The van der Waals surface area contributed by atoms with Crippen LogP contribution in [-0.4, -0.2) is 31.1 Å². The lowest BCUT2D eigenvalue weighted by Crippen LogP contribution is -2.25. The van der Waals surface area contributed by atoms with E-state index in [1.165, 1.54) is 24.3 Å². The smallest absolute Gasteiger partial charge is 0.286 e. The summed E-state index contributed by atoms with van der Waals surface area (Å²) in [6, 6.07) is 16.1. The van der Waals surface area contributed by atoms with Crippen molar-refractivity contribution in [1.29, 1.82) is 0 Å². The highest BCUT2D eigenvalue weighted by molar-refractivity contribution is 5.91. The minimum absolute atomic E-state index is 0.236. The van der Waals surface area contributed by atoms with Gasteiger partial charge in [-0.2, -0.15) is 0 Å². The highest BCUT2D eigenvalue weighted by atomic mass is 19.1. The highest BCUT2D eigenvalue weighted by Crippen LogP contribution is 2.17. The van der Waals surface area contributed by atoms with Gasteiger partial charge in [-0.15, -0.1) is 0 Å². The Bertz CT molecular complexity index is 973. The molecule has 1 N–H and O–H groups in total. The van der Waals surface area contributed by atoms with Crippen molar-refractivity contribution in [1.82, 2.24) is 10.2 Å². The van der Waals surface area contributed by atoms with Crippen molar-refractivity contribution in [2.75, 3.05) is 20.3 Å². The van der Waals surface area contributed by atoms with Crippen molar-refractivity contribution in [3.8, 4) is 0 Å². The van der Waals surface area contributed by atoms with E-state index in [1.54, 1.807) is 37.4 Å². The van der Waals surface area contributed by atoms with Crippen molar-refractivity contribution >= 4 is 5.91 Å². The third kappa shape index (κ3) is 7.31. The van der Waals surface area contributed by atoms with Gasteiger partial charge in [0, 0.05) is 33.4 Å². The number of furan rings is 1. The van der Waals surface area contributed by atoms with E-state index in [0.29, 0.717) is 38.5 Å². The molecule has 1 heterocycles. The molecule has 0 radical (unpaired) electrons. The number of nitrogens with zero attached hydrogens (tertiary/aromatic N) is 1. The quantitative estimate of drug-likeness (QED) is 0.456. The summed E-state index contributed by atoms with van der Waals surface area (Å²) in [5, 5.41) is 2.79. The first-order valence-electron chi connectivity index (χ1n) is 10.1. The molecule has 164 valence electrons. The van der Waals surface area contributed by atoms with E-state index in [1.807, 2.05) is 11.0 Å². The first-order valence-corrected chi connectivity index (χ1v) is 10.1. The van der Waals surface area contributed by atoms with Gasteiger partial charge in [0.25, 0.3) is 5.91 Å². The Morgan fingerprint density at radius 2 is 1.74 bits per heavy atom. The summed E-state index contributed by atoms with van der Waals surface area (Å²) in [5.41, 5.74) is 1.73. The molecular formula is C24H26F2N2O3. The van der Waals surface area contributed by atoms with E-state index in [-0.39, 0.29) is 23.3 Å². The fraction of sp³-hybridized carbons (Fsp3) is 0.292. The van der Waals surface area contributed by atoms with Gasteiger partial charge in [-0.3, -0.25) is 9.69 Å². The van der Waals surface area contributed by atoms with E-state index in [9.17, 15) is 13.6 Å². The fourth-order valence-corrected chi connectivity index (χ4v) is 3.22. The number of benzene rings is 2. The van der Waals surface area contributed by atoms with Crippen LogP contribution < -0.4 is 5.32 Å². The van der Waals surface area contributed by atoms with Crippen LogP contribution in [0.2, 0.25) is 0 Å². The lowest BCUT2D eigenvalue weighted by Gasteiger charge is -2.21. The molecule has 3 rings (SSSR count). The first kappa shape index (κ1) is 22.7. The average Bonchev–Trinajstić information content (AvgIpc) is 3.21. The van der Waals surface area contributed by atoms with Gasteiger partial charge in [-0.05, 0) is 53.9 Å².